The van der Waals surface area contributed by atoms with E-state index in [1.807, 2.05) is 41.5 Å². The van der Waals surface area contributed by atoms with Crippen LogP contribution >= 0.6 is 0 Å². The van der Waals surface area contributed by atoms with Crippen LogP contribution < -0.4 is 5.32 Å². The zero-order valence-electron chi connectivity index (χ0n) is 16.4. The summed E-state index contributed by atoms with van der Waals surface area (Å²) in [6, 6.07) is -0.439. The monoisotopic (exact) mass is 367 g/mol. The molecule has 1 saturated heterocycles. The zero-order valence-corrected chi connectivity index (χ0v) is 16.4. The molecule has 0 aromatic carbocycles. The van der Waals surface area contributed by atoms with Crippen LogP contribution in [0.1, 0.15) is 53.4 Å². The first-order chi connectivity index (χ1) is 11.9. The van der Waals surface area contributed by atoms with Gasteiger partial charge in [0.05, 0.1) is 13.2 Å². The first kappa shape index (κ1) is 20.2. The minimum Gasteiger partial charge on any atom is -0.444 e. The summed E-state index contributed by atoms with van der Waals surface area (Å²) in [5, 5.41) is 7.22. The standard InChI is InChI=1S/C17H29N5O4/c1-16(2,3)19-13(23)9-21-11-18-14(20-21)12-10-25-8-7-22(12)15(24)26-17(4,5)6/h11-12H,7-10H2,1-6H3,(H,19,23)/t12-/m0/s1. The molecule has 0 bridgehead atoms. The molecule has 0 spiro atoms. The van der Waals surface area contributed by atoms with Gasteiger partial charge in [-0.15, -0.1) is 0 Å². The normalized spacial score (nSPS) is 18.5. The highest BCUT2D eigenvalue weighted by molar-refractivity contribution is 5.76. The molecule has 9 nitrogen and oxygen atoms in total. The number of nitrogens with zero attached hydrogens (tertiary/aromatic N) is 4. The van der Waals surface area contributed by atoms with Gasteiger partial charge in [-0.1, -0.05) is 0 Å². The predicted molar refractivity (Wildman–Crippen MR) is 94.4 cm³/mol. The van der Waals surface area contributed by atoms with Crippen LogP contribution in [0, 0.1) is 0 Å². The van der Waals surface area contributed by atoms with Gasteiger partial charge in [-0.3, -0.25) is 9.69 Å². The number of carbonyl (C=O) groups excluding carboxylic acids is 2. The highest BCUT2D eigenvalue weighted by Gasteiger charge is 2.34. The zero-order chi connectivity index (χ0) is 19.5. The van der Waals surface area contributed by atoms with Crippen molar-refractivity contribution >= 4 is 12.0 Å². The third-order valence-corrected chi connectivity index (χ3v) is 3.43. The number of amides is 2. The molecule has 0 aliphatic carbocycles. The van der Waals surface area contributed by atoms with Crippen molar-refractivity contribution in [1.29, 1.82) is 0 Å². The van der Waals surface area contributed by atoms with Gasteiger partial charge in [0.2, 0.25) is 5.91 Å². The minimum atomic E-state index is -0.586. The Labute approximate surface area is 154 Å². The highest BCUT2D eigenvalue weighted by atomic mass is 16.6. The Balaban J connectivity index is 2.07. The van der Waals surface area contributed by atoms with Gasteiger partial charge in [-0.05, 0) is 41.5 Å². The van der Waals surface area contributed by atoms with Crippen LogP contribution in [0.3, 0.4) is 0 Å². The fraction of sp³-hybridized carbons (Fsp3) is 0.765. The number of ether oxygens (including phenoxy) is 2. The molecule has 0 saturated carbocycles. The van der Waals surface area contributed by atoms with Gasteiger partial charge in [0.15, 0.2) is 5.82 Å². The molecule has 1 fully saturated rings. The fourth-order valence-corrected chi connectivity index (χ4v) is 2.50. The number of aromatic nitrogens is 3. The topological polar surface area (TPSA) is 98.6 Å². The summed E-state index contributed by atoms with van der Waals surface area (Å²) < 4.78 is 12.4. The molecule has 1 aromatic rings. The van der Waals surface area contributed by atoms with Crippen molar-refractivity contribution in [1.82, 2.24) is 25.0 Å². The molecule has 0 radical (unpaired) electrons. The van der Waals surface area contributed by atoms with Crippen LogP contribution in [0.5, 0.6) is 0 Å². The van der Waals surface area contributed by atoms with E-state index < -0.39 is 17.7 Å². The summed E-state index contributed by atoms with van der Waals surface area (Å²) in [7, 11) is 0. The van der Waals surface area contributed by atoms with Crippen LogP contribution in [-0.4, -0.2) is 62.6 Å². The van der Waals surface area contributed by atoms with Gasteiger partial charge in [0.1, 0.15) is 24.5 Å². The summed E-state index contributed by atoms with van der Waals surface area (Å²) in [5.74, 6) is 0.275. The number of morpholine rings is 1. The van der Waals surface area contributed by atoms with Crippen molar-refractivity contribution in [3.63, 3.8) is 0 Å². The smallest absolute Gasteiger partial charge is 0.411 e. The molecular weight excluding hydrogens is 338 g/mol. The average molecular weight is 367 g/mol. The average Bonchev–Trinajstić information content (AvgIpc) is 2.91. The van der Waals surface area contributed by atoms with Crippen molar-refractivity contribution in [2.45, 2.75) is 65.3 Å². The van der Waals surface area contributed by atoms with Crippen LogP contribution in [0.15, 0.2) is 6.33 Å². The molecule has 146 valence electrons. The third kappa shape index (κ3) is 5.98. The van der Waals surface area contributed by atoms with E-state index in [0.717, 1.165) is 0 Å². The maximum absolute atomic E-state index is 12.5. The van der Waals surface area contributed by atoms with Gasteiger partial charge in [0.25, 0.3) is 0 Å². The molecule has 2 amide bonds. The molecule has 1 N–H and O–H groups in total. The van der Waals surface area contributed by atoms with Gasteiger partial charge in [0, 0.05) is 12.1 Å². The second kappa shape index (κ2) is 7.61. The van der Waals surface area contributed by atoms with E-state index >= 15 is 0 Å². The van der Waals surface area contributed by atoms with Gasteiger partial charge in [-0.25, -0.2) is 14.5 Å². The highest BCUT2D eigenvalue weighted by Crippen LogP contribution is 2.23. The van der Waals surface area contributed by atoms with Gasteiger partial charge >= 0.3 is 6.09 Å². The Morgan fingerprint density at radius 2 is 2.00 bits per heavy atom. The van der Waals surface area contributed by atoms with E-state index in [2.05, 4.69) is 15.4 Å². The van der Waals surface area contributed by atoms with Crippen LogP contribution in [0.4, 0.5) is 4.79 Å². The van der Waals surface area contributed by atoms with Crippen LogP contribution in [0.2, 0.25) is 0 Å². The number of hydrogen-bond donors (Lipinski definition) is 1. The Hall–Kier alpha value is -2.16. The van der Waals surface area contributed by atoms with E-state index in [0.29, 0.717) is 19.0 Å². The van der Waals surface area contributed by atoms with E-state index in [1.165, 1.54) is 11.0 Å². The van der Waals surface area contributed by atoms with E-state index in [-0.39, 0.29) is 24.6 Å². The molecule has 2 heterocycles. The molecule has 0 unspecified atom stereocenters. The number of nitrogens with one attached hydrogen (secondary N) is 1. The van der Waals surface area contributed by atoms with Crippen molar-refractivity contribution in [3.8, 4) is 0 Å². The van der Waals surface area contributed by atoms with Crippen molar-refractivity contribution < 1.29 is 19.1 Å². The summed E-state index contributed by atoms with van der Waals surface area (Å²) in [6.07, 6.45) is 1.06. The molecule has 1 atom stereocenters. The first-order valence-electron chi connectivity index (χ1n) is 8.72. The molecule has 1 aliphatic rings. The lowest BCUT2D eigenvalue weighted by Crippen LogP contribution is -2.46. The molecular formula is C17H29N5O4. The van der Waals surface area contributed by atoms with Crippen molar-refractivity contribution in [2.75, 3.05) is 19.8 Å². The van der Waals surface area contributed by atoms with Crippen molar-refractivity contribution in [2.24, 2.45) is 0 Å². The molecule has 1 aliphatic heterocycles. The second-order valence-corrected chi connectivity index (χ2v) is 8.36. The minimum absolute atomic E-state index is 0.0598. The van der Waals surface area contributed by atoms with Crippen molar-refractivity contribution in [3.05, 3.63) is 12.2 Å². The molecule has 26 heavy (non-hydrogen) atoms. The number of carbonyl (C=O) groups is 2. The summed E-state index contributed by atoms with van der Waals surface area (Å²) in [4.78, 5) is 30.3. The lowest BCUT2D eigenvalue weighted by molar-refractivity contribution is -0.123. The Kier molecular flexibility index (Phi) is 5.90. The van der Waals surface area contributed by atoms with Gasteiger partial charge in [-0.2, -0.15) is 5.10 Å². The Morgan fingerprint density at radius 3 is 2.62 bits per heavy atom. The lowest BCUT2D eigenvalue weighted by atomic mass is 10.1. The molecule has 2 rings (SSSR count). The first-order valence-corrected chi connectivity index (χ1v) is 8.72. The van der Waals surface area contributed by atoms with E-state index in [4.69, 9.17) is 9.47 Å². The maximum atomic E-state index is 12.5. The quantitative estimate of drug-likeness (QED) is 0.869. The molecule has 1 aromatic heterocycles. The molecule has 9 heteroatoms. The predicted octanol–water partition coefficient (Wildman–Crippen LogP) is 1.50. The fourth-order valence-electron chi connectivity index (χ4n) is 2.50. The van der Waals surface area contributed by atoms with E-state index in [1.54, 1.807) is 4.90 Å². The second-order valence-electron chi connectivity index (χ2n) is 8.36. The Bertz CT molecular complexity index is 644. The Morgan fingerprint density at radius 1 is 1.31 bits per heavy atom. The largest absolute Gasteiger partial charge is 0.444 e. The SMILES string of the molecule is CC(C)(C)NC(=O)Cn1cnc([C@@H]2COCCN2C(=O)OC(C)(C)C)n1. The van der Waals surface area contributed by atoms with Gasteiger partial charge < -0.3 is 14.8 Å². The van der Waals surface area contributed by atoms with Crippen LogP contribution in [-0.2, 0) is 20.8 Å². The lowest BCUT2D eigenvalue weighted by Gasteiger charge is -2.35. The number of rotatable bonds is 3. The summed E-state index contributed by atoms with van der Waals surface area (Å²) in [6.45, 7) is 12.4. The third-order valence-electron chi connectivity index (χ3n) is 3.43. The van der Waals surface area contributed by atoms with Crippen LogP contribution in [0.25, 0.3) is 0 Å². The van der Waals surface area contributed by atoms with E-state index in [9.17, 15) is 9.59 Å². The number of hydrogen-bond acceptors (Lipinski definition) is 6. The summed E-state index contributed by atoms with van der Waals surface area (Å²) in [5.41, 5.74) is -0.900. The summed E-state index contributed by atoms with van der Waals surface area (Å²) >= 11 is 0. The maximum Gasteiger partial charge on any atom is 0.411 e.